The van der Waals surface area contributed by atoms with E-state index in [0.717, 1.165) is 25.2 Å². The van der Waals surface area contributed by atoms with Gasteiger partial charge in [0, 0.05) is 13.4 Å². The third-order valence-electron chi connectivity index (χ3n) is 2.08. The number of hydrogen-bond acceptors (Lipinski definition) is 3. The van der Waals surface area contributed by atoms with E-state index in [0.29, 0.717) is 5.69 Å². The maximum absolute atomic E-state index is 11.8. The van der Waals surface area contributed by atoms with Crippen LogP contribution in [0.1, 0.15) is 6.92 Å². The zero-order valence-electron chi connectivity index (χ0n) is 9.75. The minimum absolute atomic E-state index is 0.0857. The van der Waals surface area contributed by atoms with Crippen LogP contribution in [0, 0.1) is 0 Å². The number of thioether (sulfide) groups is 1. The van der Waals surface area contributed by atoms with E-state index in [1.165, 1.54) is 0 Å². The van der Waals surface area contributed by atoms with Gasteiger partial charge in [-0.15, -0.1) is 11.8 Å². The molecule has 1 amide bonds. The smallest absolute Gasteiger partial charge is 0.316 e. The van der Waals surface area contributed by atoms with Gasteiger partial charge >= 0.3 is 5.97 Å². The molecule has 0 spiro atoms. The first-order chi connectivity index (χ1) is 8.81. The number of carboxylic acid groups (broad SMARTS) is 1. The topological polar surface area (TPSA) is 66.4 Å². The monoisotopic (exact) mass is 473 g/mol. The second kappa shape index (κ2) is 7.66. The van der Waals surface area contributed by atoms with Crippen LogP contribution in [0.3, 0.4) is 0 Å². The molecule has 0 saturated heterocycles. The first-order valence-corrected chi connectivity index (χ1v) is 8.53. The van der Waals surface area contributed by atoms with E-state index in [2.05, 4.69) is 53.1 Å². The van der Waals surface area contributed by atoms with Crippen LogP contribution in [0.15, 0.2) is 25.6 Å². The van der Waals surface area contributed by atoms with Gasteiger partial charge in [0.05, 0.1) is 16.7 Å². The Morgan fingerprint density at radius 3 is 2.32 bits per heavy atom. The van der Waals surface area contributed by atoms with E-state index in [1.54, 1.807) is 6.92 Å². The molecule has 0 aromatic heterocycles. The number of carbonyl (C=O) groups excluding carboxylic acids is 1. The predicted octanol–water partition coefficient (Wildman–Crippen LogP) is 4.12. The third-order valence-corrected chi connectivity index (χ3v) is 4.92. The summed E-state index contributed by atoms with van der Waals surface area (Å²) < 4.78 is 2.34. The summed E-state index contributed by atoms with van der Waals surface area (Å²) in [6, 6.07) is 3.63. The van der Waals surface area contributed by atoms with Gasteiger partial charge in [0.15, 0.2) is 0 Å². The van der Waals surface area contributed by atoms with Crippen molar-refractivity contribution < 1.29 is 14.7 Å². The summed E-state index contributed by atoms with van der Waals surface area (Å²) in [6.45, 7) is 1.55. The summed E-state index contributed by atoms with van der Waals surface area (Å²) >= 11 is 11.1. The summed E-state index contributed by atoms with van der Waals surface area (Å²) in [6.07, 6.45) is 0. The SMILES string of the molecule is CC(SCC(=O)Nc1c(Br)cc(Br)cc1Br)C(=O)O. The Labute approximate surface area is 140 Å². The molecule has 1 aromatic carbocycles. The van der Waals surface area contributed by atoms with Gasteiger partial charge in [0.1, 0.15) is 0 Å². The molecule has 0 fully saturated rings. The maximum atomic E-state index is 11.8. The highest BCUT2D eigenvalue weighted by Gasteiger charge is 2.15. The molecule has 0 aliphatic heterocycles. The molecule has 8 heteroatoms. The number of hydrogen-bond donors (Lipinski definition) is 2. The third kappa shape index (κ3) is 5.45. The summed E-state index contributed by atoms with van der Waals surface area (Å²) in [5, 5.41) is 10.9. The van der Waals surface area contributed by atoms with Crippen LogP contribution >= 0.6 is 59.6 Å². The van der Waals surface area contributed by atoms with E-state index in [9.17, 15) is 9.59 Å². The Balaban J connectivity index is 2.65. The average Bonchev–Trinajstić information content (AvgIpc) is 2.30. The molecule has 1 aromatic rings. The number of aliphatic carboxylic acids is 1. The lowest BCUT2D eigenvalue weighted by molar-refractivity contribution is -0.136. The minimum Gasteiger partial charge on any atom is -0.480 e. The van der Waals surface area contributed by atoms with Gasteiger partial charge in [-0.25, -0.2) is 0 Å². The zero-order chi connectivity index (χ0) is 14.6. The standard InChI is InChI=1S/C11H10Br3NO3S/c1-5(11(17)18)19-4-9(16)15-10-7(13)2-6(12)3-8(10)14/h2-3,5H,4H2,1H3,(H,15,16)(H,17,18). The summed E-state index contributed by atoms with van der Waals surface area (Å²) in [5.74, 6) is -1.09. The van der Waals surface area contributed by atoms with E-state index >= 15 is 0 Å². The van der Waals surface area contributed by atoms with Gasteiger partial charge in [0.25, 0.3) is 0 Å². The highest BCUT2D eigenvalue weighted by Crippen LogP contribution is 2.34. The number of carbonyl (C=O) groups is 2. The van der Waals surface area contributed by atoms with Gasteiger partial charge in [-0.3, -0.25) is 9.59 Å². The second-order valence-corrected chi connectivity index (χ2v) is 7.54. The van der Waals surface area contributed by atoms with Crippen molar-refractivity contribution in [1.29, 1.82) is 0 Å². The Morgan fingerprint density at radius 1 is 1.32 bits per heavy atom. The second-order valence-electron chi connectivity index (χ2n) is 3.58. The Hall–Kier alpha value is -0.0500. The number of amides is 1. The van der Waals surface area contributed by atoms with Crippen molar-refractivity contribution in [2.45, 2.75) is 12.2 Å². The van der Waals surface area contributed by atoms with Crippen LogP contribution in [-0.2, 0) is 9.59 Å². The Kier molecular flexibility index (Phi) is 6.85. The van der Waals surface area contributed by atoms with E-state index in [1.807, 2.05) is 12.1 Å². The molecule has 104 valence electrons. The Morgan fingerprint density at radius 2 is 1.84 bits per heavy atom. The summed E-state index contributed by atoms with van der Waals surface area (Å²) in [7, 11) is 0. The van der Waals surface area contributed by atoms with Crippen molar-refractivity contribution in [3.05, 3.63) is 25.6 Å². The molecule has 0 saturated carbocycles. The van der Waals surface area contributed by atoms with E-state index in [4.69, 9.17) is 5.11 Å². The molecule has 2 N–H and O–H groups in total. The van der Waals surface area contributed by atoms with Crippen molar-refractivity contribution in [1.82, 2.24) is 0 Å². The zero-order valence-corrected chi connectivity index (χ0v) is 15.3. The fourth-order valence-corrected chi connectivity index (χ4v) is 4.18. The normalized spacial score (nSPS) is 12.0. The van der Waals surface area contributed by atoms with Crippen LogP contribution < -0.4 is 5.32 Å². The number of carboxylic acids is 1. The Bertz CT molecular complexity index is 487. The first-order valence-electron chi connectivity index (χ1n) is 5.10. The van der Waals surface area contributed by atoms with Crippen molar-refractivity contribution in [2.24, 2.45) is 0 Å². The van der Waals surface area contributed by atoms with Crippen molar-refractivity contribution >= 4 is 77.1 Å². The number of anilines is 1. The van der Waals surface area contributed by atoms with Gasteiger partial charge in [-0.1, -0.05) is 15.9 Å². The molecule has 1 rings (SSSR count). The molecule has 1 unspecified atom stereocenters. The number of rotatable bonds is 5. The van der Waals surface area contributed by atoms with Crippen LogP contribution in [0.5, 0.6) is 0 Å². The molecule has 0 bridgehead atoms. The number of halogens is 3. The van der Waals surface area contributed by atoms with Crippen molar-refractivity contribution in [3.8, 4) is 0 Å². The molecular weight excluding hydrogens is 466 g/mol. The molecule has 0 aliphatic rings. The van der Waals surface area contributed by atoms with Crippen LogP contribution in [0.25, 0.3) is 0 Å². The highest BCUT2D eigenvalue weighted by molar-refractivity contribution is 9.11. The first kappa shape index (κ1) is 17.0. The van der Waals surface area contributed by atoms with Crippen molar-refractivity contribution in [3.63, 3.8) is 0 Å². The molecule has 0 radical (unpaired) electrons. The van der Waals surface area contributed by atoms with E-state index in [-0.39, 0.29) is 11.7 Å². The molecule has 19 heavy (non-hydrogen) atoms. The number of benzene rings is 1. The molecular formula is C11H10Br3NO3S. The lowest BCUT2D eigenvalue weighted by Crippen LogP contribution is -2.19. The largest absolute Gasteiger partial charge is 0.480 e. The molecule has 1 atom stereocenters. The van der Waals surface area contributed by atoms with Crippen LogP contribution in [-0.4, -0.2) is 28.0 Å². The lowest BCUT2D eigenvalue weighted by atomic mass is 10.3. The summed E-state index contributed by atoms with van der Waals surface area (Å²) in [4.78, 5) is 22.4. The predicted molar refractivity (Wildman–Crippen MR) is 87.7 cm³/mol. The van der Waals surface area contributed by atoms with Crippen molar-refractivity contribution in [2.75, 3.05) is 11.1 Å². The molecule has 0 heterocycles. The van der Waals surface area contributed by atoms with E-state index < -0.39 is 11.2 Å². The summed E-state index contributed by atoms with van der Waals surface area (Å²) in [5.41, 5.74) is 0.622. The minimum atomic E-state index is -0.927. The molecule has 0 aliphatic carbocycles. The van der Waals surface area contributed by atoms with Crippen LogP contribution in [0.2, 0.25) is 0 Å². The molecule has 4 nitrogen and oxygen atoms in total. The fraction of sp³-hybridized carbons (Fsp3) is 0.273. The lowest BCUT2D eigenvalue weighted by Gasteiger charge is -2.11. The van der Waals surface area contributed by atoms with Crippen LogP contribution in [0.4, 0.5) is 5.69 Å². The fourth-order valence-electron chi connectivity index (χ4n) is 1.11. The van der Waals surface area contributed by atoms with Gasteiger partial charge < -0.3 is 10.4 Å². The van der Waals surface area contributed by atoms with Gasteiger partial charge in [0.2, 0.25) is 5.91 Å². The average molecular weight is 476 g/mol. The number of nitrogens with one attached hydrogen (secondary N) is 1. The van der Waals surface area contributed by atoms with Gasteiger partial charge in [-0.05, 0) is 50.9 Å². The quantitative estimate of drug-likeness (QED) is 0.672. The highest BCUT2D eigenvalue weighted by atomic mass is 79.9. The van der Waals surface area contributed by atoms with Gasteiger partial charge in [-0.2, -0.15) is 0 Å². The maximum Gasteiger partial charge on any atom is 0.316 e.